The number of nitrogens with two attached hydrogens (primary N) is 1. The van der Waals surface area contributed by atoms with Crippen LogP contribution in [0.2, 0.25) is 0 Å². The Bertz CT molecular complexity index is 442. The molecule has 18 heavy (non-hydrogen) atoms. The molecular weight excluding hydrogens is 230 g/mol. The van der Waals surface area contributed by atoms with Crippen LogP contribution in [-0.4, -0.2) is 28.6 Å². The molecule has 0 saturated heterocycles. The van der Waals surface area contributed by atoms with Gasteiger partial charge in [-0.05, 0) is 25.8 Å². The summed E-state index contributed by atoms with van der Waals surface area (Å²) < 4.78 is 0. The van der Waals surface area contributed by atoms with Gasteiger partial charge in [-0.25, -0.2) is 9.78 Å². The van der Waals surface area contributed by atoms with Crippen LogP contribution in [0.5, 0.6) is 0 Å². The zero-order valence-corrected chi connectivity index (χ0v) is 10.6. The molecule has 5 heteroatoms. The van der Waals surface area contributed by atoms with Gasteiger partial charge in [0.15, 0.2) is 0 Å². The third kappa shape index (κ3) is 2.39. The van der Waals surface area contributed by atoms with E-state index in [1.807, 2.05) is 0 Å². The van der Waals surface area contributed by atoms with E-state index in [0.29, 0.717) is 6.04 Å². The normalized spacial score (nSPS) is 15.8. The van der Waals surface area contributed by atoms with Crippen LogP contribution in [0, 0.1) is 0 Å². The maximum absolute atomic E-state index is 11.1. The van der Waals surface area contributed by atoms with Crippen LogP contribution in [-0.2, 0) is 0 Å². The van der Waals surface area contributed by atoms with E-state index in [9.17, 15) is 4.79 Å². The van der Waals surface area contributed by atoms with Gasteiger partial charge in [0, 0.05) is 12.6 Å². The van der Waals surface area contributed by atoms with Crippen molar-refractivity contribution < 1.29 is 9.90 Å². The van der Waals surface area contributed by atoms with Gasteiger partial charge in [-0.15, -0.1) is 0 Å². The summed E-state index contributed by atoms with van der Waals surface area (Å²) in [6.07, 6.45) is 6.23. The minimum Gasteiger partial charge on any atom is -0.478 e. The van der Waals surface area contributed by atoms with E-state index in [4.69, 9.17) is 10.8 Å². The average molecular weight is 249 g/mol. The lowest BCUT2D eigenvalue weighted by molar-refractivity contribution is 0.0698. The van der Waals surface area contributed by atoms with Gasteiger partial charge in [-0.3, -0.25) is 0 Å². The molecule has 1 saturated carbocycles. The highest BCUT2D eigenvalue weighted by atomic mass is 16.4. The van der Waals surface area contributed by atoms with Crippen molar-refractivity contribution in [1.82, 2.24) is 4.98 Å². The van der Waals surface area contributed by atoms with E-state index in [2.05, 4.69) is 16.8 Å². The summed E-state index contributed by atoms with van der Waals surface area (Å²) in [7, 11) is 0. The van der Waals surface area contributed by atoms with Crippen molar-refractivity contribution in [3.63, 3.8) is 0 Å². The molecule has 5 nitrogen and oxygen atoms in total. The molecule has 1 aliphatic rings. The number of carboxylic acids is 1. The monoisotopic (exact) mass is 249 g/mol. The molecule has 1 aromatic heterocycles. The second kappa shape index (κ2) is 5.25. The van der Waals surface area contributed by atoms with Crippen molar-refractivity contribution in [3.05, 3.63) is 17.8 Å². The molecular formula is C13H19N3O2. The Morgan fingerprint density at radius 2 is 2.22 bits per heavy atom. The van der Waals surface area contributed by atoms with E-state index in [1.165, 1.54) is 19.0 Å². The Kier molecular flexibility index (Phi) is 3.69. The molecule has 0 spiro atoms. The van der Waals surface area contributed by atoms with Gasteiger partial charge >= 0.3 is 5.97 Å². The van der Waals surface area contributed by atoms with Gasteiger partial charge in [0.25, 0.3) is 0 Å². The van der Waals surface area contributed by atoms with Crippen LogP contribution in [0.1, 0.15) is 43.0 Å². The summed E-state index contributed by atoms with van der Waals surface area (Å²) in [6.45, 7) is 2.90. The van der Waals surface area contributed by atoms with Crippen molar-refractivity contribution in [2.45, 2.75) is 38.6 Å². The van der Waals surface area contributed by atoms with Gasteiger partial charge in [-0.2, -0.15) is 0 Å². The van der Waals surface area contributed by atoms with E-state index in [0.717, 1.165) is 25.2 Å². The number of aromatic carboxylic acids is 1. The Labute approximate surface area is 107 Å². The molecule has 3 N–H and O–H groups in total. The number of anilines is 2. The molecule has 1 heterocycles. The third-order valence-electron chi connectivity index (χ3n) is 3.55. The molecule has 0 unspecified atom stereocenters. The summed E-state index contributed by atoms with van der Waals surface area (Å²) in [5, 5.41) is 9.08. The summed E-state index contributed by atoms with van der Waals surface area (Å²) >= 11 is 0. The van der Waals surface area contributed by atoms with E-state index in [1.54, 1.807) is 6.07 Å². The Morgan fingerprint density at radius 3 is 2.78 bits per heavy atom. The number of pyridine rings is 1. The van der Waals surface area contributed by atoms with Gasteiger partial charge < -0.3 is 15.7 Å². The Hall–Kier alpha value is -1.78. The zero-order valence-electron chi connectivity index (χ0n) is 10.6. The number of carbonyl (C=O) groups is 1. The standard InChI is InChI=1S/C13H19N3O2/c1-2-16(9-5-3-4-6-9)12-7-10(13(17)18)11(14)8-15-12/h7-9H,2-6,14H2,1H3,(H,17,18). The summed E-state index contributed by atoms with van der Waals surface area (Å²) in [5.41, 5.74) is 5.98. The number of nitrogens with zero attached hydrogens (tertiary/aromatic N) is 2. The van der Waals surface area contributed by atoms with Crippen LogP contribution in [0.15, 0.2) is 12.3 Å². The Morgan fingerprint density at radius 1 is 1.56 bits per heavy atom. The molecule has 0 amide bonds. The molecule has 1 aliphatic carbocycles. The zero-order chi connectivity index (χ0) is 13.1. The lowest BCUT2D eigenvalue weighted by atomic mass is 10.1. The van der Waals surface area contributed by atoms with Gasteiger partial charge in [0.05, 0.1) is 17.4 Å². The molecule has 0 aromatic carbocycles. The largest absolute Gasteiger partial charge is 0.478 e. The first-order chi connectivity index (χ1) is 8.63. The van der Waals surface area contributed by atoms with Gasteiger partial charge in [-0.1, -0.05) is 12.8 Å². The smallest absolute Gasteiger partial charge is 0.337 e. The summed E-state index contributed by atoms with van der Waals surface area (Å²) in [4.78, 5) is 17.5. The third-order valence-corrected chi connectivity index (χ3v) is 3.55. The first kappa shape index (κ1) is 12.7. The fraction of sp³-hybridized carbons (Fsp3) is 0.538. The minimum atomic E-state index is -1.00. The highest BCUT2D eigenvalue weighted by molar-refractivity contribution is 5.94. The quantitative estimate of drug-likeness (QED) is 0.854. The topological polar surface area (TPSA) is 79.5 Å². The van der Waals surface area contributed by atoms with Crippen molar-refractivity contribution in [3.8, 4) is 0 Å². The highest BCUT2D eigenvalue weighted by Gasteiger charge is 2.23. The lowest BCUT2D eigenvalue weighted by Gasteiger charge is -2.29. The second-order valence-corrected chi connectivity index (χ2v) is 4.66. The molecule has 98 valence electrons. The molecule has 2 rings (SSSR count). The van der Waals surface area contributed by atoms with Crippen LogP contribution >= 0.6 is 0 Å². The maximum Gasteiger partial charge on any atom is 0.337 e. The van der Waals surface area contributed by atoms with Crippen LogP contribution < -0.4 is 10.6 Å². The van der Waals surface area contributed by atoms with Gasteiger partial charge in [0.1, 0.15) is 5.82 Å². The van der Waals surface area contributed by atoms with Crippen molar-refractivity contribution in [2.24, 2.45) is 0 Å². The Balaban J connectivity index is 2.30. The fourth-order valence-electron chi connectivity index (χ4n) is 2.62. The minimum absolute atomic E-state index is 0.136. The summed E-state index contributed by atoms with van der Waals surface area (Å²) in [6, 6.07) is 2.06. The number of rotatable bonds is 4. The van der Waals surface area contributed by atoms with Gasteiger partial charge in [0.2, 0.25) is 0 Å². The predicted octanol–water partition coefficient (Wildman–Crippen LogP) is 2.13. The van der Waals surface area contributed by atoms with Crippen molar-refractivity contribution in [2.75, 3.05) is 17.2 Å². The number of nitrogen functional groups attached to an aromatic ring is 1. The van der Waals surface area contributed by atoms with Crippen LogP contribution in [0.3, 0.4) is 0 Å². The lowest BCUT2D eigenvalue weighted by Crippen LogP contribution is -2.33. The number of aromatic nitrogens is 1. The van der Waals surface area contributed by atoms with E-state index >= 15 is 0 Å². The second-order valence-electron chi connectivity index (χ2n) is 4.66. The molecule has 0 radical (unpaired) electrons. The molecule has 0 bridgehead atoms. The average Bonchev–Trinajstić information content (AvgIpc) is 2.85. The molecule has 1 aromatic rings. The SMILES string of the molecule is CCN(c1cc(C(=O)O)c(N)cn1)C1CCCC1. The van der Waals surface area contributed by atoms with E-state index < -0.39 is 5.97 Å². The molecule has 0 aliphatic heterocycles. The number of hydrogen-bond acceptors (Lipinski definition) is 4. The predicted molar refractivity (Wildman–Crippen MR) is 70.9 cm³/mol. The fourth-order valence-corrected chi connectivity index (χ4v) is 2.62. The highest BCUT2D eigenvalue weighted by Crippen LogP contribution is 2.28. The first-order valence-corrected chi connectivity index (χ1v) is 6.39. The van der Waals surface area contributed by atoms with Crippen LogP contribution in [0.4, 0.5) is 11.5 Å². The van der Waals surface area contributed by atoms with Crippen LogP contribution in [0.25, 0.3) is 0 Å². The van der Waals surface area contributed by atoms with E-state index in [-0.39, 0.29) is 11.3 Å². The van der Waals surface area contributed by atoms with Crippen molar-refractivity contribution >= 4 is 17.5 Å². The molecule has 0 atom stereocenters. The number of carboxylic acid groups (broad SMARTS) is 1. The van der Waals surface area contributed by atoms with Crippen molar-refractivity contribution in [1.29, 1.82) is 0 Å². The summed E-state index contributed by atoms with van der Waals surface area (Å²) in [5.74, 6) is -0.283. The first-order valence-electron chi connectivity index (χ1n) is 6.39. The molecule has 1 fully saturated rings. The maximum atomic E-state index is 11.1. The number of hydrogen-bond donors (Lipinski definition) is 2.